The van der Waals surface area contributed by atoms with Gasteiger partial charge >= 0.3 is 6.18 Å². The summed E-state index contributed by atoms with van der Waals surface area (Å²) in [6.45, 7) is 0.00987. The molecule has 11 heteroatoms. The maximum Gasteiger partial charge on any atom is 0.417 e. The summed E-state index contributed by atoms with van der Waals surface area (Å²) in [5.74, 6) is 1.65. The van der Waals surface area contributed by atoms with Gasteiger partial charge in [-0.15, -0.1) is 0 Å². The quantitative estimate of drug-likeness (QED) is 0.209. The molecule has 1 N–H and O–H groups in total. The topological polar surface area (TPSA) is 72.9 Å². The van der Waals surface area contributed by atoms with Gasteiger partial charge in [0.2, 0.25) is 0 Å². The zero-order valence-electron chi connectivity index (χ0n) is 17.0. The second-order valence-electron chi connectivity index (χ2n) is 6.81. The lowest BCUT2D eigenvalue weighted by Crippen LogP contribution is -2.06. The minimum atomic E-state index is -4.43. The molecule has 0 aliphatic heterocycles. The number of halogens is 5. The summed E-state index contributed by atoms with van der Waals surface area (Å²) in [5.41, 5.74) is 1.87. The van der Waals surface area contributed by atoms with Crippen molar-refractivity contribution in [2.45, 2.75) is 12.8 Å². The van der Waals surface area contributed by atoms with Gasteiger partial charge in [-0.05, 0) is 59.0 Å². The highest BCUT2D eigenvalue weighted by molar-refractivity contribution is 14.1. The van der Waals surface area contributed by atoms with Gasteiger partial charge in [-0.3, -0.25) is 4.98 Å². The normalized spacial score (nSPS) is 11.5. The molecule has 3 aromatic heterocycles. The number of nitrogens with zero attached hydrogens (tertiary/aromatic N) is 3. The first-order valence-corrected chi connectivity index (χ1v) is 10.9. The molecule has 0 unspecified atom stereocenters. The van der Waals surface area contributed by atoms with Crippen molar-refractivity contribution in [1.82, 2.24) is 19.9 Å². The first-order valence-electron chi connectivity index (χ1n) is 9.45. The molecule has 4 aromatic rings. The van der Waals surface area contributed by atoms with Gasteiger partial charge in [-0.2, -0.15) is 13.2 Å². The molecule has 1 aromatic carbocycles. The second kappa shape index (κ2) is 9.56. The smallest absolute Gasteiger partial charge is 0.417 e. The summed E-state index contributed by atoms with van der Waals surface area (Å²) < 4.78 is 50.0. The highest BCUT2D eigenvalue weighted by Gasteiger charge is 2.30. The van der Waals surface area contributed by atoms with E-state index < -0.39 is 11.7 Å². The number of H-pyrrole nitrogens is 1. The number of hydrogen-bond donors (Lipinski definition) is 1. The Morgan fingerprint density at radius 3 is 2.52 bits per heavy atom. The third-order valence-corrected chi connectivity index (χ3v) is 5.65. The largest absolute Gasteiger partial charge is 0.496 e. The van der Waals surface area contributed by atoms with E-state index in [1.807, 2.05) is 12.1 Å². The van der Waals surface area contributed by atoms with Crippen LogP contribution in [0.2, 0.25) is 5.15 Å². The van der Waals surface area contributed by atoms with Crippen molar-refractivity contribution in [2.75, 3.05) is 7.11 Å². The summed E-state index contributed by atoms with van der Waals surface area (Å²) >= 11 is 7.98. The molecule has 0 atom stereocenters. The fourth-order valence-corrected chi connectivity index (χ4v) is 3.76. The number of aromatic amines is 1. The molecule has 170 valence electrons. The van der Waals surface area contributed by atoms with Crippen LogP contribution in [0.5, 0.6) is 11.5 Å². The van der Waals surface area contributed by atoms with E-state index in [-0.39, 0.29) is 6.61 Å². The standard InChI is InChI=1S/C22H15ClF3IN4O2/c1-32-17-8-15(33-11-14-4-3-13(10-28-14)22(24,25)26)5-6-16(17)19-20(27)31-21(30-19)12-2-7-18(23)29-9-12/h2-10H,11H2,1H3,(H,30,31). The maximum atomic E-state index is 12.7. The Morgan fingerprint density at radius 1 is 1.06 bits per heavy atom. The average molecular weight is 587 g/mol. The molecular formula is C22H15ClF3IN4O2. The Bertz CT molecular complexity index is 1260. The molecule has 0 bridgehead atoms. The molecule has 3 heterocycles. The number of methoxy groups -OCH3 is 1. The molecule has 0 radical (unpaired) electrons. The molecule has 6 nitrogen and oxygen atoms in total. The van der Waals surface area contributed by atoms with Crippen LogP contribution in [0.25, 0.3) is 22.6 Å². The van der Waals surface area contributed by atoms with Gasteiger partial charge in [0.1, 0.15) is 32.8 Å². The van der Waals surface area contributed by atoms with Crippen LogP contribution in [0, 0.1) is 3.70 Å². The lowest BCUT2D eigenvalue weighted by atomic mass is 10.1. The van der Waals surface area contributed by atoms with E-state index in [9.17, 15) is 13.2 Å². The Labute approximate surface area is 205 Å². The highest BCUT2D eigenvalue weighted by atomic mass is 127. The van der Waals surface area contributed by atoms with Crippen molar-refractivity contribution in [1.29, 1.82) is 0 Å². The van der Waals surface area contributed by atoms with Gasteiger partial charge < -0.3 is 14.5 Å². The van der Waals surface area contributed by atoms with Gasteiger partial charge in [-0.25, -0.2) is 9.97 Å². The van der Waals surface area contributed by atoms with E-state index in [4.69, 9.17) is 21.1 Å². The molecule has 0 spiro atoms. The van der Waals surface area contributed by atoms with Crippen molar-refractivity contribution in [3.63, 3.8) is 0 Å². The predicted octanol–water partition coefficient (Wildman–Crippen LogP) is 6.40. The first kappa shape index (κ1) is 23.3. The summed E-state index contributed by atoms with van der Waals surface area (Å²) in [6, 6.07) is 11.0. The number of benzene rings is 1. The Kier molecular flexibility index (Phi) is 6.75. The maximum absolute atomic E-state index is 12.7. The lowest BCUT2D eigenvalue weighted by Gasteiger charge is -2.12. The molecule has 0 saturated carbocycles. The number of ether oxygens (including phenoxy) is 2. The van der Waals surface area contributed by atoms with Crippen LogP contribution in [0.15, 0.2) is 54.9 Å². The molecular weight excluding hydrogens is 572 g/mol. The predicted molar refractivity (Wildman–Crippen MR) is 125 cm³/mol. The van der Waals surface area contributed by atoms with Gasteiger partial charge in [0.15, 0.2) is 0 Å². The molecule has 0 saturated heterocycles. The van der Waals surface area contributed by atoms with E-state index in [0.29, 0.717) is 28.2 Å². The third kappa shape index (κ3) is 5.38. The van der Waals surface area contributed by atoms with Crippen molar-refractivity contribution >= 4 is 34.2 Å². The number of hydrogen-bond acceptors (Lipinski definition) is 5. The number of pyridine rings is 2. The molecule has 0 aliphatic carbocycles. The summed E-state index contributed by atoms with van der Waals surface area (Å²) in [7, 11) is 1.54. The molecule has 4 rings (SSSR count). The second-order valence-corrected chi connectivity index (χ2v) is 8.22. The highest BCUT2D eigenvalue weighted by Crippen LogP contribution is 2.36. The molecule has 33 heavy (non-hydrogen) atoms. The van der Waals surface area contributed by atoms with Gasteiger partial charge in [0.05, 0.1) is 24.1 Å². The summed E-state index contributed by atoms with van der Waals surface area (Å²) in [5, 5.41) is 0.393. The monoisotopic (exact) mass is 586 g/mol. The van der Waals surface area contributed by atoms with Crippen molar-refractivity contribution in [3.8, 4) is 34.1 Å². The summed E-state index contributed by atoms with van der Waals surface area (Å²) in [4.78, 5) is 15.7. The zero-order valence-corrected chi connectivity index (χ0v) is 19.9. The number of nitrogens with one attached hydrogen (secondary N) is 1. The number of imidazole rings is 1. The minimum absolute atomic E-state index is 0.00987. The van der Waals surface area contributed by atoms with Crippen LogP contribution in [0.3, 0.4) is 0 Å². The fourth-order valence-electron chi connectivity index (χ4n) is 2.99. The first-order chi connectivity index (χ1) is 15.7. The van der Waals surface area contributed by atoms with E-state index in [0.717, 1.165) is 32.8 Å². The van der Waals surface area contributed by atoms with Crippen molar-refractivity contribution in [3.05, 3.63) is 75.0 Å². The van der Waals surface area contributed by atoms with Crippen LogP contribution in [-0.2, 0) is 12.8 Å². The molecule has 0 amide bonds. The van der Waals surface area contributed by atoms with Gasteiger partial charge in [0.25, 0.3) is 0 Å². The van der Waals surface area contributed by atoms with E-state index in [1.54, 1.807) is 24.4 Å². The Hall–Kier alpha value is -2.86. The van der Waals surface area contributed by atoms with Crippen LogP contribution in [0.1, 0.15) is 11.3 Å². The van der Waals surface area contributed by atoms with Crippen molar-refractivity contribution < 1.29 is 22.6 Å². The fraction of sp³-hybridized carbons (Fsp3) is 0.136. The van der Waals surface area contributed by atoms with E-state index in [1.165, 1.54) is 13.2 Å². The van der Waals surface area contributed by atoms with Crippen LogP contribution >= 0.6 is 34.2 Å². The zero-order chi connectivity index (χ0) is 23.6. The Morgan fingerprint density at radius 2 is 1.88 bits per heavy atom. The van der Waals surface area contributed by atoms with Crippen LogP contribution < -0.4 is 9.47 Å². The lowest BCUT2D eigenvalue weighted by molar-refractivity contribution is -0.137. The van der Waals surface area contributed by atoms with E-state index >= 15 is 0 Å². The van der Waals surface area contributed by atoms with Crippen LogP contribution in [0.4, 0.5) is 13.2 Å². The molecule has 0 fully saturated rings. The SMILES string of the molecule is COc1cc(OCc2ccc(C(F)(F)F)cn2)ccc1-c1[nH]c(-c2ccc(Cl)nc2)nc1I. The Balaban J connectivity index is 1.53. The van der Waals surface area contributed by atoms with Crippen LogP contribution in [-0.4, -0.2) is 27.0 Å². The third-order valence-electron chi connectivity index (χ3n) is 4.64. The summed E-state index contributed by atoms with van der Waals surface area (Å²) in [6.07, 6.45) is -2.01. The number of alkyl halides is 3. The van der Waals surface area contributed by atoms with Gasteiger partial charge in [0, 0.05) is 29.6 Å². The number of rotatable bonds is 6. The average Bonchev–Trinajstić information content (AvgIpc) is 3.19. The van der Waals surface area contributed by atoms with Crippen molar-refractivity contribution in [2.24, 2.45) is 0 Å². The minimum Gasteiger partial charge on any atom is -0.496 e. The van der Waals surface area contributed by atoms with Gasteiger partial charge in [-0.1, -0.05) is 11.6 Å². The number of aromatic nitrogens is 4. The molecule has 0 aliphatic rings. The van der Waals surface area contributed by atoms with E-state index in [2.05, 4.69) is 42.5 Å².